The molecule has 0 radical (unpaired) electrons. The number of esters is 1. The maximum absolute atomic E-state index is 13.9. The lowest BCUT2D eigenvalue weighted by Gasteiger charge is -2.33. The van der Waals surface area contributed by atoms with Gasteiger partial charge in [-0.05, 0) is 42.5 Å². The van der Waals surface area contributed by atoms with Crippen molar-refractivity contribution < 1.29 is 19.1 Å². The summed E-state index contributed by atoms with van der Waals surface area (Å²) in [7, 11) is 0. The van der Waals surface area contributed by atoms with Gasteiger partial charge in [-0.3, -0.25) is 14.6 Å². The van der Waals surface area contributed by atoms with Crippen LogP contribution in [-0.2, 0) is 19.1 Å². The quantitative estimate of drug-likeness (QED) is 0.196. The number of rotatable bonds is 13. The van der Waals surface area contributed by atoms with E-state index in [1.807, 2.05) is 54.6 Å². The molecule has 2 aromatic carbocycles. The lowest BCUT2D eigenvalue weighted by Crippen LogP contribution is -2.40. The van der Waals surface area contributed by atoms with E-state index in [0.29, 0.717) is 40.1 Å². The summed E-state index contributed by atoms with van der Waals surface area (Å²) in [5.41, 5.74) is 3.11. The Morgan fingerprint density at radius 2 is 1.88 bits per heavy atom. The Morgan fingerprint density at radius 3 is 2.63 bits per heavy atom. The second-order valence-corrected chi connectivity index (χ2v) is 11.5. The molecular weight excluding hydrogens is 562 g/mol. The molecule has 0 saturated heterocycles. The van der Waals surface area contributed by atoms with Gasteiger partial charge in [-0.1, -0.05) is 98.3 Å². The summed E-state index contributed by atoms with van der Waals surface area (Å²) in [4.78, 5) is 32.2. The van der Waals surface area contributed by atoms with Crippen LogP contribution < -0.4 is 5.32 Å². The van der Waals surface area contributed by atoms with Crippen molar-refractivity contribution in [2.75, 3.05) is 26.4 Å². The van der Waals surface area contributed by atoms with E-state index in [9.17, 15) is 9.59 Å². The average Bonchev–Trinajstić information content (AvgIpc) is 3.02. The van der Waals surface area contributed by atoms with E-state index in [0.717, 1.165) is 12.0 Å². The molecule has 0 spiro atoms. The molecule has 1 saturated carbocycles. The lowest BCUT2D eigenvalue weighted by atomic mass is 9.75. The van der Waals surface area contributed by atoms with Gasteiger partial charge < -0.3 is 14.8 Å². The number of hydrogen-bond donors (Lipinski definition) is 1. The standard InChI is InChI=1S/C35H40ClN3O4/c1-25-31(35(41)43-21-10-19-37)32(28-16-8-17-29(36)23-28)33(34(40)38-20-9-15-26-11-4-2-5-12-26)30(39-25)24-42-22-18-27-13-6-3-7-14-27/h2,4-5,8-9,11-12,15-17,23,27,31-32H,3,6-7,10,13-14,18,20-22,24H2,1H3,(H,38,40). The first kappa shape index (κ1) is 32.2. The zero-order valence-electron chi connectivity index (χ0n) is 24.8. The third-order valence-electron chi connectivity index (χ3n) is 8.01. The summed E-state index contributed by atoms with van der Waals surface area (Å²) in [6, 6.07) is 19.0. The fraction of sp³-hybridized carbons (Fsp3) is 0.429. The molecule has 1 aliphatic carbocycles. The molecule has 2 aromatic rings. The fourth-order valence-electron chi connectivity index (χ4n) is 5.87. The Morgan fingerprint density at radius 1 is 1.09 bits per heavy atom. The first-order chi connectivity index (χ1) is 21.0. The van der Waals surface area contributed by atoms with Gasteiger partial charge in [-0.25, -0.2) is 0 Å². The predicted octanol–water partition coefficient (Wildman–Crippen LogP) is 7.04. The fourth-order valence-corrected chi connectivity index (χ4v) is 6.06. The van der Waals surface area contributed by atoms with E-state index in [1.54, 1.807) is 25.1 Å². The van der Waals surface area contributed by atoms with Crippen molar-refractivity contribution in [3.05, 3.63) is 88.1 Å². The molecule has 2 atom stereocenters. The van der Waals surface area contributed by atoms with Crippen LogP contribution in [0.4, 0.5) is 0 Å². The first-order valence-electron chi connectivity index (χ1n) is 15.1. The molecule has 2 unspecified atom stereocenters. The number of carbonyl (C=O) groups is 2. The van der Waals surface area contributed by atoms with Crippen LogP contribution >= 0.6 is 11.6 Å². The minimum absolute atomic E-state index is 0.0337. The van der Waals surface area contributed by atoms with E-state index >= 15 is 0 Å². The number of benzene rings is 2. The predicted molar refractivity (Wildman–Crippen MR) is 170 cm³/mol. The Kier molecular flexibility index (Phi) is 12.6. The Balaban J connectivity index is 1.62. The first-order valence-corrected chi connectivity index (χ1v) is 15.5. The molecule has 8 heteroatoms. The topological polar surface area (TPSA) is 101 Å². The molecule has 1 amide bonds. The molecule has 2 aliphatic rings. The third-order valence-corrected chi connectivity index (χ3v) is 8.24. The van der Waals surface area contributed by atoms with E-state index in [1.165, 1.54) is 32.1 Å². The minimum atomic E-state index is -0.858. The number of nitrogens with zero attached hydrogens (tertiary/aromatic N) is 2. The van der Waals surface area contributed by atoms with Crippen molar-refractivity contribution in [3.63, 3.8) is 0 Å². The highest BCUT2D eigenvalue weighted by atomic mass is 35.5. The summed E-state index contributed by atoms with van der Waals surface area (Å²) in [5.74, 6) is -1.75. The maximum Gasteiger partial charge on any atom is 0.315 e. The van der Waals surface area contributed by atoms with Crippen LogP contribution in [0.15, 0.2) is 76.9 Å². The maximum atomic E-state index is 13.9. The van der Waals surface area contributed by atoms with Crippen molar-refractivity contribution in [2.24, 2.45) is 16.8 Å². The highest BCUT2D eigenvalue weighted by Gasteiger charge is 2.42. The van der Waals surface area contributed by atoms with E-state index < -0.39 is 17.8 Å². The van der Waals surface area contributed by atoms with E-state index in [4.69, 9.17) is 31.3 Å². The summed E-state index contributed by atoms with van der Waals surface area (Å²) >= 11 is 6.40. The van der Waals surface area contributed by atoms with Gasteiger partial charge in [0.2, 0.25) is 5.91 Å². The average molecular weight is 602 g/mol. The van der Waals surface area contributed by atoms with Crippen LogP contribution in [0, 0.1) is 23.2 Å². The number of amides is 1. The van der Waals surface area contributed by atoms with Crippen LogP contribution in [0.3, 0.4) is 0 Å². The number of carbonyl (C=O) groups excluding carboxylic acids is 2. The lowest BCUT2D eigenvalue weighted by molar-refractivity contribution is -0.146. The van der Waals surface area contributed by atoms with Crippen LogP contribution in [0.25, 0.3) is 6.08 Å². The Bertz CT molecular complexity index is 1370. The second-order valence-electron chi connectivity index (χ2n) is 11.1. The molecule has 1 aliphatic heterocycles. The van der Waals surface area contributed by atoms with Gasteiger partial charge in [-0.15, -0.1) is 0 Å². The molecule has 1 fully saturated rings. The number of nitriles is 1. The molecule has 1 heterocycles. The zero-order valence-corrected chi connectivity index (χ0v) is 25.5. The third kappa shape index (κ3) is 9.38. The molecular formula is C35H40ClN3O4. The van der Waals surface area contributed by atoms with Crippen molar-refractivity contribution in [2.45, 2.75) is 57.8 Å². The normalized spacial score (nSPS) is 19.1. The van der Waals surface area contributed by atoms with Crippen LogP contribution in [0.2, 0.25) is 5.02 Å². The number of halogens is 1. The van der Waals surface area contributed by atoms with E-state index in [-0.39, 0.29) is 32.1 Å². The summed E-state index contributed by atoms with van der Waals surface area (Å²) in [5, 5.41) is 12.4. The zero-order chi connectivity index (χ0) is 30.4. The summed E-state index contributed by atoms with van der Waals surface area (Å²) in [6.45, 7) is 2.76. The van der Waals surface area contributed by atoms with Gasteiger partial charge in [0.05, 0.1) is 24.8 Å². The highest BCUT2D eigenvalue weighted by Crippen LogP contribution is 2.40. The van der Waals surface area contributed by atoms with Crippen molar-refractivity contribution in [3.8, 4) is 6.07 Å². The molecule has 0 aromatic heterocycles. The number of nitrogens with one attached hydrogen (secondary N) is 1. The SMILES string of the molecule is CC1=NC(COCCC2CCCCC2)=C(C(=O)NCC=Cc2ccccc2)C(c2cccc(Cl)c2)C1C(=O)OCCC#N. The number of hydrogen-bond acceptors (Lipinski definition) is 6. The Labute approximate surface area is 259 Å². The summed E-state index contributed by atoms with van der Waals surface area (Å²) in [6.07, 6.45) is 11.2. The van der Waals surface area contributed by atoms with Gasteiger partial charge in [0.25, 0.3) is 0 Å². The van der Waals surface area contributed by atoms with Gasteiger partial charge in [0.1, 0.15) is 12.5 Å². The van der Waals surface area contributed by atoms with Crippen LogP contribution in [-0.4, -0.2) is 44.0 Å². The van der Waals surface area contributed by atoms with Gasteiger partial charge in [0.15, 0.2) is 0 Å². The second kappa shape index (κ2) is 16.8. The van der Waals surface area contributed by atoms with Crippen molar-refractivity contribution >= 4 is 35.3 Å². The highest BCUT2D eigenvalue weighted by molar-refractivity contribution is 6.30. The summed E-state index contributed by atoms with van der Waals surface area (Å²) < 4.78 is 11.6. The van der Waals surface area contributed by atoms with Crippen LogP contribution in [0.5, 0.6) is 0 Å². The molecule has 1 N–H and O–H groups in total. The molecule has 4 rings (SSSR count). The molecule has 0 bridgehead atoms. The van der Waals surface area contributed by atoms with Gasteiger partial charge >= 0.3 is 5.97 Å². The molecule has 7 nitrogen and oxygen atoms in total. The van der Waals surface area contributed by atoms with Gasteiger partial charge in [0, 0.05) is 35.4 Å². The smallest absolute Gasteiger partial charge is 0.315 e. The minimum Gasteiger partial charge on any atom is -0.464 e. The Hall–Kier alpha value is -3.73. The number of aliphatic imine (C=N–C) groups is 1. The van der Waals surface area contributed by atoms with Crippen molar-refractivity contribution in [1.29, 1.82) is 5.26 Å². The van der Waals surface area contributed by atoms with Crippen molar-refractivity contribution in [1.82, 2.24) is 5.32 Å². The molecule has 226 valence electrons. The monoisotopic (exact) mass is 601 g/mol. The van der Waals surface area contributed by atoms with Crippen LogP contribution in [0.1, 0.15) is 68.9 Å². The largest absolute Gasteiger partial charge is 0.464 e. The van der Waals surface area contributed by atoms with Gasteiger partial charge in [-0.2, -0.15) is 5.26 Å². The number of ether oxygens (including phenoxy) is 2. The molecule has 43 heavy (non-hydrogen) atoms. The van der Waals surface area contributed by atoms with E-state index in [2.05, 4.69) is 5.32 Å².